The van der Waals surface area contributed by atoms with E-state index in [1.807, 2.05) is 41.8 Å². The molecule has 4 atom stereocenters. The molecule has 2 aliphatic carbocycles. The molecule has 15 heteroatoms. The summed E-state index contributed by atoms with van der Waals surface area (Å²) in [6, 6.07) is 5.99. The van der Waals surface area contributed by atoms with Gasteiger partial charge in [-0.25, -0.2) is 23.2 Å². The number of sulfonamides is 1. The van der Waals surface area contributed by atoms with Crippen molar-refractivity contribution in [2.75, 3.05) is 20.2 Å². The smallest absolute Gasteiger partial charge is 0.318 e. The number of rotatable bonds is 8. The van der Waals surface area contributed by atoms with Gasteiger partial charge in [0.2, 0.25) is 15.9 Å². The molecule has 266 valence electrons. The summed E-state index contributed by atoms with van der Waals surface area (Å²) < 4.78 is 39.8. The van der Waals surface area contributed by atoms with E-state index in [0.29, 0.717) is 42.1 Å². The molecule has 4 aliphatic rings. The number of methoxy groups -OCH3 is 1. The number of benzene rings is 1. The minimum atomic E-state index is -3.83. The van der Waals surface area contributed by atoms with Crippen LogP contribution in [0.5, 0.6) is 11.5 Å². The van der Waals surface area contributed by atoms with Gasteiger partial charge in [0.25, 0.3) is 5.91 Å². The maximum Gasteiger partial charge on any atom is 0.318 e. The van der Waals surface area contributed by atoms with E-state index in [1.54, 1.807) is 7.11 Å². The average molecular weight is 723 g/mol. The summed E-state index contributed by atoms with van der Waals surface area (Å²) in [4.78, 5) is 52.3. The van der Waals surface area contributed by atoms with Crippen LogP contribution in [0.15, 0.2) is 41.8 Å². The summed E-state index contributed by atoms with van der Waals surface area (Å²) in [6.07, 6.45) is 6.98. The number of aromatic nitrogens is 2. The Morgan fingerprint density at radius 3 is 2.72 bits per heavy atom. The van der Waals surface area contributed by atoms with E-state index in [0.717, 1.165) is 35.4 Å². The van der Waals surface area contributed by atoms with E-state index < -0.39 is 50.8 Å². The Hall–Kier alpha value is -4.24. The fraction of sp³-hybridized carbons (Fsp3) is 0.514. The molecular formula is C35H42N6O7S2. The van der Waals surface area contributed by atoms with Gasteiger partial charge < -0.3 is 25.0 Å². The Balaban J connectivity index is 1.18. The molecule has 0 unspecified atom stereocenters. The Bertz CT molecular complexity index is 1960. The molecule has 4 heterocycles. The van der Waals surface area contributed by atoms with Crippen molar-refractivity contribution >= 4 is 50.1 Å². The van der Waals surface area contributed by atoms with Crippen molar-refractivity contribution < 1.29 is 32.3 Å². The summed E-state index contributed by atoms with van der Waals surface area (Å²) in [5.74, 6) is -0.221. The van der Waals surface area contributed by atoms with Crippen LogP contribution in [-0.4, -0.2) is 84.3 Å². The molecule has 0 bridgehead atoms. The molecular weight excluding hydrogens is 681 g/mol. The molecule has 3 fully saturated rings. The standard InChI is InChI=1S/C35H42N6O7S2/c1-20(2)28-19-49-32(38-28)27-16-30(25-12-9-22(47-3)14-26(25)37-27)48-23-15-29-31(42)39-35(33(43)40-50(45,46)24-10-11-24)17-21(35)8-6-4-5-7-13-36-34(44)41(29)18-23/h6,8-9,12,14,16,19-21,23-24,29H,4-5,7,10-11,13,15,17-18H2,1-3H3,(H,36,44)(H,39,42)(H,40,43)/t21-,23-,29+,35-/m1/s1. The number of thiazole rings is 1. The van der Waals surface area contributed by atoms with Gasteiger partial charge in [0.05, 0.1) is 30.1 Å². The van der Waals surface area contributed by atoms with Crippen LogP contribution in [0, 0.1) is 5.92 Å². The van der Waals surface area contributed by atoms with E-state index in [-0.39, 0.29) is 31.2 Å². The number of nitrogens with one attached hydrogen (secondary N) is 3. The second-order valence-corrected chi connectivity index (χ2v) is 16.7. The number of pyridine rings is 1. The number of hydrogen-bond acceptors (Lipinski definition) is 10. The summed E-state index contributed by atoms with van der Waals surface area (Å²) in [5, 5.41) is 8.73. The predicted molar refractivity (Wildman–Crippen MR) is 188 cm³/mol. The number of allylic oxidation sites excluding steroid dienone is 1. The molecule has 4 amide bonds. The second kappa shape index (κ2) is 13.5. The first-order valence-electron chi connectivity index (χ1n) is 17.2. The summed E-state index contributed by atoms with van der Waals surface area (Å²) in [6.45, 7) is 4.73. The molecule has 13 nitrogen and oxygen atoms in total. The van der Waals surface area contributed by atoms with Crippen molar-refractivity contribution in [1.82, 2.24) is 30.2 Å². The lowest BCUT2D eigenvalue weighted by atomic mass is 10.1. The third kappa shape index (κ3) is 6.89. The number of carbonyl (C=O) groups excluding carboxylic acids is 3. The fourth-order valence-corrected chi connectivity index (χ4v) is 8.93. The highest BCUT2D eigenvalue weighted by Crippen LogP contribution is 2.46. The van der Waals surface area contributed by atoms with E-state index in [1.165, 1.54) is 16.2 Å². The van der Waals surface area contributed by atoms with Crippen molar-refractivity contribution in [2.24, 2.45) is 5.92 Å². The number of ether oxygens (including phenoxy) is 2. The Morgan fingerprint density at radius 1 is 1.16 bits per heavy atom. The molecule has 50 heavy (non-hydrogen) atoms. The van der Waals surface area contributed by atoms with Gasteiger partial charge in [-0.15, -0.1) is 11.3 Å². The van der Waals surface area contributed by atoms with Crippen LogP contribution in [-0.2, 0) is 19.6 Å². The first-order chi connectivity index (χ1) is 24.0. The molecule has 0 spiro atoms. The van der Waals surface area contributed by atoms with Crippen molar-refractivity contribution in [2.45, 2.75) is 87.6 Å². The van der Waals surface area contributed by atoms with E-state index >= 15 is 0 Å². The molecule has 2 saturated carbocycles. The predicted octanol–water partition coefficient (Wildman–Crippen LogP) is 4.25. The maximum absolute atomic E-state index is 14.1. The number of amides is 4. The summed E-state index contributed by atoms with van der Waals surface area (Å²) in [5.41, 5.74) is 0.824. The molecule has 1 aromatic carbocycles. The van der Waals surface area contributed by atoms with Crippen LogP contribution in [0.3, 0.4) is 0 Å². The zero-order chi connectivity index (χ0) is 35.2. The van der Waals surface area contributed by atoms with Crippen LogP contribution in [0.25, 0.3) is 21.6 Å². The zero-order valence-electron chi connectivity index (χ0n) is 28.3. The van der Waals surface area contributed by atoms with Gasteiger partial charge in [0.1, 0.15) is 39.9 Å². The molecule has 3 N–H and O–H groups in total. The lowest BCUT2D eigenvalue weighted by Gasteiger charge is -2.26. The first-order valence-corrected chi connectivity index (χ1v) is 19.6. The Morgan fingerprint density at radius 2 is 1.98 bits per heavy atom. The van der Waals surface area contributed by atoms with Gasteiger partial charge in [0.15, 0.2) is 0 Å². The third-order valence-corrected chi connectivity index (χ3v) is 12.5. The summed E-state index contributed by atoms with van der Waals surface area (Å²) >= 11 is 1.50. The number of hydrogen-bond donors (Lipinski definition) is 3. The van der Waals surface area contributed by atoms with E-state index in [9.17, 15) is 22.8 Å². The fourth-order valence-electron chi connectivity index (χ4n) is 6.63. The van der Waals surface area contributed by atoms with Crippen molar-refractivity contribution in [3.63, 3.8) is 0 Å². The van der Waals surface area contributed by atoms with Gasteiger partial charge >= 0.3 is 6.03 Å². The van der Waals surface area contributed by atoms with E-state index in [2.05, 4.69) is 29.2 Å². The monoisotopic (exact) mass is 722 g/mol. The Kier molecular flexibility index (Phi) is 9.22. The normalized spacial score (nSPS) is 25.7. The quantitative estimate of drug-likeness (QED) is 0.288. The minimum Gasteiger partial charge on any atom is -0.497 e. The van der Waals surface area contributed by atoms with Crippen LogP contribution >= 0.6 is 11.3 Å². The van der Waals surface area contributed by atoms with Crippen molar-refractivity contribution in [3.8, 4) is 22.2 Å². The van der Waals surface area contributed by atoms with Crippen LogP contribution in [0.1, 0.15) is 70.4 Å². The van der Waals surface area contributed by atoms with Gasteiger partial charge in [0, 0.05) is 41.8 Å². The minimum absolute atomic E-state index is 0.118. The maximum atomic E-state index is 14.1. The van der Waals surface area contributed by atoms with Gasteiger partial charge in [-0.1, -0.05) is 26.0 Å². The lowest BCUT2D eigenvalue weighted by molar-refractivity contribution is -0.131. The molecule has 3 aromatic rings. The number of nitrogens with zero attached hydrogens (tertiary/aromatic N) is 3. The highest BCUT2D eigenvalue weighted by Gasteiger charge is 2.62. The molecule has 2 aromatic heterocycles. The molecule has 7 rings (SSSR count). The molecule has 0 radical (unpaired) electrons. The van der Waals surface area contributed by atoms with Crippen LogP contribution < -0.4 is 24.8 Å². The molecule has 1 saturated heterocycles. The van der Waals surface area contributed by atoms with Crippen LogP contribution in [0.4, 0.5) is 4.79 Å². The van der Waals surface area contributed by atoms with Gasteiger partial charge in [-0.2, -0.15) is 0 Å². The van der Waals surface area contributed by atoms with Crippen molar-refractivity contribution in [3.05, 3.63) is 47.5 Å². The summed E-state index contributed by atoms with van der Waals surface area (Å²) in [7, 11) is -2.24. The van der Waals surface area contributed by atoms with Crippen LogP contribution in [0.2, 0.25) is 0 Å². The SMILES string of the molecule is COc1ccc2c(O[C@@H]3C[C@H]4C(=O)N[C@]5(C(=O)NS(=O)(=O)C6CC6)C[C@H]5C=CCCCCNC(=O)N4C3)cc(-c3nc(C(C)C)cs3)nc2c1. The number of fused-ring (bicyclic) bond motifs is 3. The molecule has 2 aliphatic heterocycles. The highest BCUT2D eigenvalue weighted by atomic mass is 32.2. The van der Waals surface area contributed by atoms with E-state index in [4.69, 9.17) is 19.4 Å². The Labute approximate surface area is 295 Å². The topological polar surface area (TPSA) is 169 Å². The van der Waals surface area contributed by atoms with Crippen molar-refractivity contribution in [1.29, 1.82) is 0 Å². The van der Waals surface area contributed by atoms with Gasteiger partial charge in [-0.3, -0.25) is 14.3 Å². The number of urea groups is 1. The van der Waals surface area contributed by atoms with Gasteiger partial charge in [-0.05, 0) is 56.6 Å². The second-order valence-electron chi connectivity index (χ2n) is 13.9. The largest absolute Gasteiger partial charge is 0.497 e. The first kappa shape index (κ1) is 34.2. The zero-order valence-corrected chi connectivity index (χ0v) is 29.9. The average Bonchev–Trinajstić information content (AvgIpc) is 3.96. The number of carbonyl (C=O) groups is 3. The third-order valence-electron chi connectivity index (χ3n) is 9.84. The lowest BCUT2D eigenvalue weighted by Crippen LogP contribution is -2.57. The highest BCUT2D eigenvalue weighted by molar-refractivity contribution is 7.91.